The van der Waals surface area contributed by atoms with Gasteiger partial charge in [-0.1, -0.05) is 49.7 Å². The molecule has 4 rings (SSSR count). The molecule has 0 radical (unpaired) electrons. The third-order valence-electron chi connectivity index (χ3n) is 4.88. The lowest BCUT2D eigenvalue weighted by Gasteiger charge is -2.07. The molecule has 0 bridgehead atoms. The Morgan fingerprint density at radius 2 is 1.94 bits per heavy atom. The van der Waals surface area contributed by atoms with Crippen molar-refractivity contribution < 1.29 is 4.79 Å². The van der Waals surface area contributed by atoms with Gasteiger partial charge in [-0.15, -0.1) is 0 Å². The van der Waals surface area contributed by atoms with Crippen molar-refractivity contribution in [3.63, 3.8) is 0 Å². The molecular formula is C23H23ClN6O. The van der Waals surface area contributed by atoms with Crippen molar-refractivity contribution in [3.8, 4) is 0 Å². The summed E-state index contributed by atoms with van der Waals surface area (Å²) >= 11 is 6.07. The fourth-order valence-electron chi connectivity index (χ4n) is 3.26. The highest BCUT2D eigenvalue weighted by atomic mass is 35.5. The molecule has 1 amide bonds. The molecule has 0 fully saturated rings. The minimum absolute atomic E-state index is 0.186. The number of carbonyl (C=O) groups is 1. The van der Waals surface area contributed by atoms with Gasteiger partial charge in [0.25, 0.3) is 5.91 Å². The van der Waals surface area contributed by atoms with Crippen LogP contribution in [0.15, 0.2) is 53.6 Å². The van der Waals surface area contributed by atoms with Crippen molar-refractivity contribution in [1.82, 2.24) is 20.0 Å². The van der Waals surface area contributed by atoms with Crippen LogP contribution < -0.4 is 11.1 Å². The van der Waals surface area contributed by atoms with E-state index in [1.54, 1.807) is 18.3 Å². The van der Waals surface area contributed by atoms with Crippen LogP contribution in [0, 0.1) is 5.92 Å². The zero-order valence-corrected chi connectivity index (χ0v) is 18.1. The fourth-order valence-corrected chi connectivity index (χ4v) is 3.46. The summed E-state index contributed by atoms with van der Waals surface area (Å²) in [6.45, 7) is 4.76. The number of benzene rings is 2. The number of fused-ring (bicyclic) bond motifs is 2. The van der Waals surface area contributed by atoms with Crippen molar-refractivity contribution in [2.75, 3.05) is 12.3 Å². The Labute approximate surface area is 184 Å². The molecule has 0 unspecified atom stereocenters. The van der Waals surface area contributed by atoms with E-state index in [0.29, 0.717) is 39.7 Å². The van der Waals surface area contributed by atoms with Gasteiger partial charge < -0.3 is 11.1 Å². The summed E-state index contributed by atoms with van der Waals surface area (Å²) in [5.74, 6) is 0.375. The molecule has 2 aromatic carbocycles. The molecule has 0 saturated carbocycles. The Hall–Kier alpha value is -3.45. The van der Waals surface area contributed by atoms with Gasteiger partial charge in [-0.05, 0) is 42.2 Å². The summed E-state index contributed by atoms with van der Waals surface area (Å²) in [7, 11) is 0. The largest absolute Gasteiger partial charge is 0.383 e. The smallest absolute Gasteiger partial charge is 0.257 e. The van der Waals surface area contributed by atoms with Gasteiger partial charge in [0.05, 0.1) is 17.2 Å². The number of nitrogens with zero attached hydrogens (tertiary/aromatic N) is 4. The van der Waals surface area contributed by atoms with Gasteiger partial charge in [0, 0.05) is 11.6 Å². The van der Waals surface area contributed by atoms with Crippen molar-refractivity contribution in [2.24, 2.45) is 11.0 Å². The van der Waals surface area contributed by atoms with Crippen molar-refractivity contribution in [1.29, 1.82) is 0 Å². The van der Waals surface area contributed by atoms with Gasteiger partial charge in [0.2, 0.25) is 0 Å². The van der Waals surface area contributed by atoms with Gasteiger partial charge in [-0.3, -0.25) is 4.79 Å². The number of nitrogens with one attached hydrogen (secondary N) is 1. The third kappa shape index (κ3) is 4.36. The van der Waals surface area contributed by atoms with Gasteiger partial charge in [0.15, 0.2) is 5.65 Å². The SMILES string of the molecule is CC(C)CCNC(=O)c1c(N)n(N=Cc2cccc(Cl)c2)c2nc3ccccc3nc12. The summed E-state index contributed by atoms with van der Waals surface area (Å²) < 4.78 is 1.45. The maximum absolute atomic E-state index is 13.0. The zero-order chi connectivity index (χ0) is 22.0. The first kappa shape index (κ1) is 20.8. The Bertz CT molecular complexity index is 1290. The number of nitrogens with two attached hydrogens (primary N) is 1. The van der Waals surface area contributed by atoms with Crippen LogP contribution in [0.25, 0.3) is 22.2 Å². The van der Waals surface area contributed by atoms with Gasteiger partial charge in [0.1, 0.15) is 16.9 Å². The molecule has 2 heterocycles. The first-order valence-corrected chi connectivity index (χ1v) is 10.5. The van der Waals surface area contributed by atoms with E-state index in [4.69, 9.17) is 17.3 Å². The van der Waals surface area contributed by atoms with Gasteiger partial charge >= 0.3 is 0 Å². The van der Waals surface area contributed by atoms with E-state index in [9.17, 15) is 4.79 Å². The number of hydrogen-bond acceptors (Lipinski definition) is 5. The molecule has 4 aromatic rings. The molecule has 3 N–H and O–H groups in total. The molecule has 0 aliphatic rings. The quantitative estimate of drug-likeness (QED) is 0.437. The summed E-state index contributed by atoms with van der Waals surface area (Å²) in [5.41, 5.74) is 9.68. The number of aromatic nitrogens is 3. The average Bonchev–Trinajstić information content (AvgIpc) is 3.00. The number of anilines is 1. The minimum Gasteiger partial charge on any atom is -0.383 e. The second-order valence-corrected chi connectivity index (χ2v) is 8.13. The molecule has 7 nitrogen and oxygen atoms in total. The molecule has 0 aliphatic carbocycles. The van der Waals surface area contributed by atoms with E-state index in [1.807, 2.05) is 36.4 Å². The number of carbonyl (C=O) groups excluding carboxylic acids is 1. The Morgan fingerprint density at radius 1 is 1.19 bits per heavy atom. The highest BCUT2D eigenvalue weighted by Gasteiger charge is 2.23. The molecular weight excluding hydrogens is 412 g/mol. The highest BCUT2D eigenvalue weighted by molar-refractivity contribution is 6.30. The van der Waals surface area contributed by atoms with E-state index in [0.717, 1.165) is 12.0 Å². The van der Waals surface area contributed by atoms with Gasteiger partial charge in [-0.25, -0.2) is 9.97 Å². The molecule has 8 heteroatoms. The predicted octanol–water partition coefficient (Wildman–Crippen LogP) is 4.48. The summed E-state index contributed by atoms with van der Waals surface area (Å²) in [6, 6.07) is 14.8. The molecule has 0 saturated heterocycles. The maximum Gasteiger partial charge on any atom is 0.257 e. The number of nitrogen functional groups attached to an aromatic ring is 1. The van der Waals surface area contributed by atoms with E-state index in [1.165, 1.54) is 4.68 Å². The number of hydrogen-bond donors (Lipinski definition) is 2. The first-order valence-electron chi connectivity index (χ1n) is 10.1. The lowest BCUT2D eigenvalue weighted by atomic mass is 10.1. The van der Waals surface area contributed by atoms with Crippen LogP contribution >= 0.6 is 11.6 Å². The van der Waals surface area contributed by atoms with Crippen LogP contribution in [0.2, 0.25) is 5.02 Å². The topological polar surface area (TPSA) is 98.2 Å². The number of halogens is 1. The second-order valence-electron chi connectivity index (χ2n) is 7.69. The van der Waals surface area contributed by atoms with Crippen LogP contribution in [-0.2, 0) is 0 Å². The van der Waals surface area contributed by atoms with Crippen LogP contribution in [0.3, 0.4) is 0 Å². The maximum atomic E-state index is 13.0. The normalized spacial score (nSPS) is 11.7. The third-order valence-corrected chi connectivity index (χ3v) is 5.11. The Morgan fingerprint density at radius 3 is 2.65 bits per heavy atom. The molecule has 0 spiro atoms. The Balaban J connectivity index is 1.83. The van der Waals surface area contributed by atoms with Crippen molar-refractivity contribution >= 4 is 51.7 Å². The zero-order valence-electron chi connectivity index (χ0n) is 17.3. The number of amides is 1. The molecule has 0 aliphatic heterocycles. The van der Waals surface area contributed by atoms with E-state index in [-0.39, 0.29) is 17.3 Å². The van der Waals surface area contributed by atoms with E-state index >= 15 is 0 Å². The minimum atomic E-state index is -0.288. The molecule has 31 heavy (non-hydrogen) atoms. The second kappa shape index (κ2) is 8.73. The average molecular weight is 435 g/mol. The molecule has 2 aromatic heterocycles. The highest BCUT2D eigenvalue weighted by Crippen LogP contribution is 2.28. The van der Waals surface area contributed by atoms with Crippen LogP contribution in [0.1, 0.15) is 36.2 Å². The lowest BCUT2D eigenvalue weighted by molar-refractivity contribution is 0.0954. The lowest BCUT2D eigenvalue weighted by Crippen LogP contribution is -2.26. The summed E-state index contributed by atoms with van der Waals surface area (Å²) in [6.07, 6.45) is 2.49. The number of para-hydroxylation sites is 2. The van der Waals surface area contributed by atoms with E-state index < -0.39 is 0 Å². The monoisotopic (exact) mass is 434 g/mol. The summed E-state index contributed by atoms with van der Waals surface area (Å²) in [5, 5.41) is 8.03. The fraction of sp³-hybridized carbons (Fsp3) is 0.217. The standard InChI is InChI=1S/C23H23ClN6O/c1-14(2)10-11-26-23(31)19-20-22(29-18-9-4-3-8-17(18)28-20)30(21(19)25)27-13-15-6-5-7-16(24)12-15/h3-9,12-14H,10-11,25H2,1-2H3,(H,26,31). The molecule has 0 atom stereocenters. The van der Waals surface area contributed by atoms with Crippen molar-refractivity contribution in [2.45, 2.75) is 20.3 Å². The van der Waals surface area contributed by atoms with Crippen LogP contribution in [0.5, 0.6) is 0 Å². The Kier molecular flexibility index (Phi) is 5.86. The number of rotatable bonds is 6. The van der Waals surface area contributed by atoms with Crippen LogP contribution in [0.4, 0.5) is 5.82 Å². The van der Waals surface area contributed by atoms with Crippen LogP contribution in [-0.4, -0.2) is 33.3 Å². The molecule has 158 valence electrons. The summed E-state index contributed by atoms with van der Waals surface area (Å²) in [4.78, 5) is 22.3. The van der Waals surface area contributed by atoms with E-state index in [2.05, 4.69) is 34.2 Å². The van der Waals surface area contributed by atoms with Crippen molar-refractivity contribution in [3.05, 3.63) is 64.7 Å². The van der Waals surface area contributed by atoms with Gasteiger partial charge in [-0.2, -0.15) is 9.78 Å². The first-order chi connectivity index (χ1) is 14.9. The predicted molar refractivity (Wildman–Crippen MR) is 126 cm³/mol.